The number of urea groups is 1. The maximum Gasteiger partial charge on any atom is 0.326 e. The number of aromatic nitrogens is 2. The van der Waals surface area contributed by atoms with E-state index in [-0.39, 0.29) is 0 Å². The third-order valence-corrected chi connectivity index (χ3v) is 2.82. The number of hydrogen-bond donors (Lipinski definition) is 3. The number of aliphatic carboxylic acids is 1. The molecule has 1 aromatic rings. The molecule has 1 aromatic heterocycles. The Morgan fingerprint density at radius 1 is 1.61 bits per heavy atom. The second kappa shape index (κ2) is 6.90. The zero-order valence-electron chi connectivity index (χ0n) is 10.2. The van der Waals surface area contributed by atoms with Crippen LogP contribution in [0.15, 0.2) is 12.4 Å². The minimum atomic E-state index is -1.04. The van der Waals surface area contributed by atoms with E-state index in [0.29, 0.717) is 17.9 Å². The number of carbonyl (C=O) groups is 2. The van der Waals surface area contributed by atoms with Gasteiger partial charge in [-0.25, -0.2) is 9.59 Å². The van der Waals surface area contributed by atoms with Crippen LogP contribution in [0.5, 0.6) is 0 Å². The first kappa shape index (κ1) is 14.4. The van der Waals surface area contributed by atoms with E-state index in [4.69, 9.17) is 5.11 Å². The van der Waals surface area contributed by atoms with Crippen LogP contribution in [-0.4, -0.2) is 44.9 Å². The first-order valence-electron chi connectivity index (χ1n) is 5.31. The summed E-state index contributed by atoms with van der Waals surface area (Å²) in [6, 6.07) is -1.43. The summed E-state index contributed by atoms with van der Waals surface area (Å²) in [5.41, 5.74) is 0.518. The Morgan fingerprint density at radius 2 is 2.33 bits per heavy atom. The van der Waals surface area contributed by atoms with E-state index in [1.807, 2.05) is 6.26 Å². The highest BCUT2D eigenvalue weighted by Crippen LogP contribution is 2.04. The monoisotopic (exact) mass is 272 g/mol. The number of carboxylic acids is 1. The molecule has 0 aliphatic heterocycles. The quantitative estimate of drug-likeness (QED) is 0.710. The maximum absolute atomic E-state index is 11.6. The first-order chi connectivity index (χ1) is 8.52. The Labute approximate surface area is 109 Å². The lowest BCUT2D eigenvalue weighted by molar-refractivity contribution is -0.139. The van der Waals surface area contributed by atoms with Gasteiger partial charge in [-0.1, -0.05) is 0 Å². The van der Waals surface area contributed by atoms with Crippen molar-refractivity contribution in [1.29, 1.82) is 0 Å². The van der Waals surface area contributed by atoms with Crippen molar-refractivity contribution in [2.75, 3.05) is 17.3 Å². The number of rotatable bonds is 6. The van der Waals surface area contributed by atoms with Crippen LogP contribution in [0, 0.1) is 0 Å². The van der Waals surface area contributed by atoms with E-state index in [1.165, 1.54) is 22.6 Å². The fraction of sp³-hybridized carbons (Fsp3) is 0.500. The van der Waals surface area contributed by atoms with E-state index in [2.05, 4.69) is 15.7 Å². The first-order valence-corrected chi connectivity index (χ1v) is 6.70. The van der Waals surface area contributed by atoms with E-state index in [0.717, 1.165) is 0 Å². The molecule has 2 amide bonds. The van der Waals surface area contributed by atoms with E-state index < -0.39 is 18.0 Å². The van der Waals surface area contributed by atoms with Crippen LogP contribution in [-0.2, 0) is 11.8 Å². The summed E-state index contributed by atoms with van der Waals surface area (Å²) in [6.45, 7) is 0. The summed E-state index contributed by atoms with van der Waals surface area (Å²) in [7, 11) is 1.72. The number of aryl methyl sites for hydroxylation is 1. The zero-order chi connectivity index (χ0) is 13.5. The van der Waals surface area contributed by atoms with E-state index in [1.54, 1.807) is 13.2 Å². The predicted octanol–water partition coefficient (Wildman–Crippen LogP) is 0.748. The number of carboxylic acid groups (broad SMARTS) is 1. The van der Waals surface area contributed by atoms with Crippen LogP contribution in [0.3, 0.4) is 0 Å². The lowest BCUT2D eigenvalue weighted by Gasteiger charge is -2.13. The molecule has 18 heavy (non-hydrogen) atoms. The van der Waals surface area contributed by atoms with Crippen LogP contribution >= 0.6 is 11.8 Å². The van der Waals surface area contributed by atoms with Crippen LogP contribution in [0.2, 0.25) is 0 Å². The summed E-state index contributed by atoms with van der Waals surface area (Å²) < 4.78 is 1.54. The Morgan fingerprint density at radius 3 is 2.83 bits per heavy atom. The van der Waals surface area contributed by atoms with Crippen molar-refractivity contribution in [2.45, 2.75) is 12.5 Å². The molecule has 0 bridgehead atoms. The molecule has 0 aliphatic carbocycles. The van der Waals surface area contributed by atoms with Crippen molar-refractivity contribution in [3.63, 3.8) is 0 Å². The summed E-state index contributed by atoms with van der Waals surface area (Å²) in [5, 5.41) is 17.8. The van der Waals surface area contributed by atoms with Gasteiger partial charge in [-0.2, -0.15) is 16.9 Å². The highest BCUT2D eigenvalue weighted by atomic mass is 32.2. The summed E-state index contributed by atoms with van der Waals surface area (Å²) in [4.78, 5) is 22.5. The molecule has 1 atom stereocenters. The van der Waals surface area contributed by atoms with Crippen molar-refractivity contribution in [2.24, 2.45) is 7.05 Å². The molecule has 100 valence electrons. The second-order valence-electron chi connectivity index (χ2n) is 3.67. The third kappa shape index (κ3) is 4.66. The van der Waals surface area contributed by atoms with E-state index >= 15 is 0 Å². The molecule has 8 heteroatoms. The largest absolute Gasteiger partial charge is 0.480 e. The van der Waals surface area contributed by atoms with Gasteiger partial charge in [0.2, 0.25) is 0 Å². The lowest BCUT2D eigenvalue weighted by Crippen LogP contribution is -2.43. The molecule has 0 radical (unpaired) electrons. The molecule has 1 unspecified atom stereocenters. The Kier molecular flexibility index (Phi) is 5.50. The number of amides is 2. The number of thioether (sulfide) groups is 1. The standard InChI is InChI=1S/C10H16N4O3S/c1-14-6-7(5-11-14)12-10(17)13-8(9(15)16)3-4-18-2/h5-6,8H,3-4H2,1-2H3,(H,15,16)(H2,12,13,17). The predicted molar refractivity (Wildman–Crippen MR) is 69.8 cm³/mol. The van der Waals surface area contributed by atoms with Crippen LogP contribution in [0.1, 0.15) is 6.42 Å². The highest BCUT2D eigenvalue weighted by Gasteiger charge is 2.19. The molecule has 0 spiro atoms. The van der Waals surface area contributed by atoms with Crippen molar-refractivity contribution in [3.05, 3.63) is 12.4 Å². The molecule has 1 rings (SSSR count). The van der Waals surface area contributed by atoms with Gasteiger partial charge >= 0.3 is 12.0 Å². The Hall–Kier alpha value is -1.70. The van der Waals surface area contributed by atoms with Crippen molar-refractivity contribution >= 4 is 29.4 Å². The SMILES string of the molecule is CSCCC(NC(=O)Nc1cnn(C)c1)C(=O)O. The molecule has 0 aromatic carbocycles. The molecule has 0 saturated heterocycles. The summed E-state index contributed by atoms with van der Waals surface area (Å²) in [5.74, 6) is -0.366. The van der Waals surface area contributed by atoms with Gasteiger partial charge in [0.25, 0.3) is 0 Å². The number of anilines is 1. The average molecular weight is 272 g/mol. The van der Waals surface area contributed by atoms with Gasteiger partial charge in [0.15, 0.2) is 0 Å². The van der Waals surface area contributed by atoms with Crippen molar-refractivity contribution in [3.8, 4) is 0 Å². The fourth-order valence-electron chi connectivity index (χ4n) is 1.30. The molecule has 1 heterocycles. The van der Waals surface area contributed by atoms with Gasteiger partial charge < -0.3 is 15.7 Å². The van der Waals surface area contributed by atoms with Crippen LogP contribution in [0.4, 0.5) is 10.5 Å². The molecular formula is C10H16N4O3S. The fourth-order valence-corrected chi connectivity index (χ4v) is 1.78. The molecule has 0 fully saturated rings. The number of carbonyl (C=O) groups excluding carboxylic acids is 1. The lowest BCUT2D eigenvalue weighted by atomic mass is 10.2. The molecular weight excluding hydrogens is 256 g/mol. The zero-order valence-corrected chi connectivity index (χ0v) is 11.0. The second-order valence-corrected chi connectivity index (χ2v) is 4.66. The van der Waals surface area contributed by atoms with Gasteiger partial charge in [0.05, 0.1) is 11.9 Å². The highest BCUT2D eigenvalue weighted by molar-refractivity contribution is 7.98. The van der Waals surface area contributed by atoms with Gasteiger partial charge in [0.1, 0.15) is 6.04 Å². The normalized spacial score (nSPS) is 11.9. The van der Waals surface area contributed by atoms with Gasteiger partial charge in [-0.15, -0.1) is 0 Å². The summed E-state index contributed by atoms with van der Waals surface area (Å²) >= 11 is 1.53. The van der Waals surface area contributed by atoms with Gasteiger partial charge in [-0.05, 0) is 18.4 Å². The summed E-state index contributed by atoms with van der Waals surface area (Å²) in [6.07, 6.45) is 5.38. The smallest absolute Gasteiger partial charge is 0.326 e. The minimum Gasteiger partial charge on any atom is -0.480 e. The minimum absolute atomic E-state index is 0.386. The molecule has 0 saturated carbocycles. The topological polar surface area (TPSA) is 96.3 Å². The third-order valence-electron chi connectivity index (χ3n) is 2.18. The Bertz CT molecular complexity index is 421. The van der Waals surface area contributed by atoms with Gasteiger partial charge in [0, 0.05) is 13.2 Å². The van der Waals surface area contributed by atoms with E-state index in [9.17, 15) is 9.59 Å². The number of nitrogens with one attached hydrogen (secondary N) is 2. The maximum atomic E-state index is 11.6. The number of hydrogen-bond acceptors (Lipinski definition) is 4. The van der Waals surface area contributed by atoms with Crippen molar-refractivity contribution in [1.82, 2.24) is 15.1 Å². The van der Waals surface area contributed by atoms with Gasteiger partial charge in [-0.3, -0.25) is 4.68 Å². The number of nitrogens with zero attached hydrogens (tertiary/aromatic N) is 2. The molecule has 0 aliphatic rings. The van der Waals surface area contributed by atoms with Crippen LogP contribution < -0.4 is 10.6 Å². The average Bonchev–Trinajstić information content (AvgIpc) is 2.69. The Balaban J connectivity index is 2.48. The molecule has 3 N–H and O–H groups in total. The van der Waals surface area contributed by atoms with Crippen molar-refractivity contribution < 1.29 is 14.7 Å². The molecule has 7 nitrogen and oxygen atoms in total. The van der Waals surface area contributed by atoms with Crippen LogP contribution in [0.25, 0.3) is 0 Å².